The third-order valence-corrected chi connectivity index (χ3v) is 6.29. The molecule has 1 aromatic carbocycles. The van der Waals surface area contributed by atoms with Gasteiger partial charge < -0.3 is 19.0 Å². The van der Waals surface area contributed by atoms with Crippen molar-refractivity contribution in [2.24, 2.45) is 5.73 Å². The lowest BCUT2D eigenvalue weighted by atomic mass is 10.1. The van der Waals surface area contributed by atoms with E-state index in [0.29, 0.717) is 13.2 Å². The van der Waals surface area contributed by atoms with Gasteiger partial charge in [0.2, 0.25) is 0 Å². The van der Waals surface area contributed by atoms with Gasteiger partial charge in [-0.15, -0.1) is 0 Å². The number of rotatable bonds is 11. The highest BCUT2D eigenvalue weighted by atomic mass is 28.4. The Kier molecular flexibility index (Phi) is 8.80. The standard InChI is InChI=1S/C16H29NO3Si/c1-4-18-21(19-5-2,20-15(3)17)14-10-9-13-16-11-7-6-8-12-16/h6-8,11-12,15H,4-5,9-10,13-14,17H2,1-3H3. The normalized spacial score (nSPS) is 13.3. The van der Waals surface area contributed by atoms with Crippen molar-refractivity contribution in [1.82, 2.24) is 0 Å². The molecule has 0 saturated heterocycles. The van der Waals surface area contributed by atoms with Gasteiger partial charge in [-0.25, -0.2) is 0 Å². The van der Waals surface area contributed by atoms with Crippen molar-refractivity contribution in [2.45, 2.75) is 52.3 Å². The highest BCUT2D eigenvalue weighted by Gasteiger charge is 2.41. The van der Waals surface area contributed by atoms with Crippen molar-refractivity contribution >= 4 is 8.80 Å². The highest BCUT2D eigenvalue weighted by Crippen LogP contribution is 2.21. The Balaban J connectivity index is 2.47. The first-order valence-corrected chi connectivity index (χ1v) is 9.80. The van der Waals surface area contributed by atoms with Gasteiger partial charge >= 0.3 is 8.80 Å². The molecule has 1 rings (SSSR count). The molecule has 0 aromatic heterocycles. The molecule has 1 unspecified atom stereocenters. The van der Waals surface area contributed by atoms with E-state index < -0.39 is 8.80 Å². The molecule has 0 spiro atoms. The number of benzene rings is 1. The summed E-state index contributed by atoms with van der Waals surface area (Å²) in [7, 11) is -2.62. The second-order valence-corrected chi connectivity index (χ2v) is 7.74. The zero-order valence-electron chi connectivity index (χ0n) is 13.5. The molecule has 1 aromatic rings. The molecule has 120 valence electrons. The molecule has 1 atom stereocenters. The molecular formula is C16H29NO3Si. The molecular weight excluding hydrogens is 282 g/mol. The molecule has 2 N–H and O–H groups in total. The van der Waals surface area contributed by atoms with E-state index in [-0.39, 0.29) is 6.23 Å². The summed E-state index contributed by atoms with van der Waals surface area (Å²) in [5.74, 6) is 0. The predicted octanol–water partition coefficient (Wildman–Crippen LogP) is 3.34. The van der Waals surface area contributed by atoms with Crippen molar-refractivity contribution in [3.63, 3.8) is 0 Å². The van der Waals surface area contributed by atoms with E-state index in [0.717, 1.165) is 25.3 Å². The van der Waals surface area contributed by atoms with Crippen molar-refractivity contribution in [3.8, 4) is 0 Å². The van der Waals surface area contributed by atoms with Crippen LogP contribution >= 0.6 is 0 Å². The lowest BCUT2D eigenvalue weighted by Crippen LogP contribution is -2.49. The van der Waals surface area contributed by atoms with Gasteiger partial charge in [0.25, 0.3) is 0 Å². The summed E-state index contributed by atoms with van der Waals surface area (Å²) in [5, 5.41) is 0. The number of aryl methyl sites for hydroxylation is 1. The third-order valence-electron chi connectivity index (χ3n) is 3.14. The molecule has 0 aliphatic heterocycles. The van der Waals surface area contributed by atoms with E-state index in [1.54, 1.807) is 0 Å². The quantitative estimate of drug-likeness (QED) is 0.387. The van der Waals surface area contributed by atoms with Gasteiger partial charge in [-0.1, -0.05) is 30.3 Å². The smallest absolute Gasteiger partial charge is 0.374 e. The van der Waals surface area contributed by atoms with Gasteiger partial charge in [-0.2, -0.15) is 0 Å². The average Bonchev–Trinajstić information content (AvgIpc) is 2.45. The van der Waals surface area contributed by atoms with Crippen LogP contribution in [-0.2, 0) is 19.7 Å². The van der Waals surface area contributed by atoms with Crippen LogP contribution in [0.5, 0.6) is 0 Å². The minimum atomic E-state index is -2.62. The second-order valence-electron chi connectivity index (χ2n) is 5.06. The molecule has 0 saturated carbocycles. The summed E-state index contributed by atoms with van der Waals surface area (Å²) in [5.41, 5.74) is 7.15. The first kappa shape index (κ1) is 18.3. The maximum atomic E-state index is 5.85. The lowest BCUT2D eigenvalue weighted by molar-refractivity contribution is 0.0400. The lowest BCUT2D eigenvalue weighted by Gasteiger charge is -2.30. The molecule has 0 aliphatic carbocycles. The van der Waals surface area contributed by atoms with Gasteiger partial charge in [-0.3, -0.25) is 0 Å². The Labute approximate surface area is 130 Å². The zero-order chi connectivity index (χ0) is 15.6. The summed E-state index contributed by atoms with van der Waals surface area (Å²) in [6.45, 7) is 6.95. The van der Waals surface area contributed by atoms with Crippen molar-refractivity contribution in [3.05, 3.63) is 35.9 Å². The van der Waals surface area contributed by atoms with Crippen LogP contribution in [0.25, 0.3) is 0 Å². The van der Waals surface area contributed by atoms with E-state index in [2.05, 4.69) is 24.3 Å². The number of nitrogens with two attached hydrogens (primary N) is 1. The summed E-state index contributed by atoms with van der Waals surface area (Å²) < 4.78 is 17.5. The summed E-state index contributed by atoms with van der Waals surface area (Å²) in [6.07, 6.45) is 2.83. The summed E-state index contributed by atoms with van der Waals surface area (Å²) >= 11 is 0. The van der Waals surface area contributed by atoms with E-state index in [9.17, 15) is 0 Å². The van der Waals surface area contributed by atoms with Crippen molar-refractivity contribution in [1.29, 1.82) is 0 Å². The van der Waals surface area contributed by atoms with Gasteiger partial charge in [-0.05, 0) is 45.6 Å². The fraction of sp³-hybridized carbons (Fsp3) is 0.625. The maximum absolute atomic E-state index is 5.85. The molecule has 21 heavy (non-hydrogen) atoms. The molecule has 4 nitrogen and oxygen atoms in total. The minimum Gasteiger partial charge on any atom is -0.374 e. The van der Waals surface area contributed by atoms with Gasteiger partial charge in [0, 0.05) is 19.3 Å². The largest absolute Gasteiger partial charge is 0.502 e. The topological polar surface area (TPSA) is 53.7 Å². The fourth-order valence-electron chi connectivity index (χ4n) is 2.35. The van der Waals surface area contributed by atoms with Crippen molar-refractivity contribution in [2.75, 3.05) is 13.2 Å². The van der Waals surface area contributed by atoms with Crippen molar-refractivity contribution < 1.29 is 13.3 Å². The van der Waals surface area contributed by atoms with Crippen LogP contribution in [0.15, 0.2) is 30.3 Å². The number of hydrogen-bond acceptors (Lipinski definition) is 4. The Bertz CT molecular complexity index is 367. The summed E-state index contributed by atoms with van der Waals surface area (Å²) in [6, 6.07) is 11.3. The molecule has 0 fully saturated rings. The minimum absolute atomic E-state index is 0.358. The average molecular weight is 311 g/mol. The van der Waals surface area contributed by atoms with E-state index in [1.807, 2.05) is 26.8 Å². The van der Waals surface area contributed by atoms with Crippen LogP contribution in [0.3, 0.4) is 0 Å². The Morgan fingerprint density at radius 3 is 2.19 bits per heavy atom. The molecule has 0 aliphatic rings. The van der Waals surface area contributed by atoms with Crippen LogP contribution in [0, 0.1) is 0 Å². The Hall–Kier alpha value is -0.723. The van der Waals surface area contributed by atoms with E-state index >= 15 is 0 Å². The summed E-state index contributed by atoms with van der Waals surface area (Å²) in [4.78, 5) is 0. The van der Waals surface area contributed by atoms with Crippen LogP contribution in [0.2, 0.25) is 6.04 Å². The number of hydrogen-bond donors (Lipinski definition) is 1. The molecule has 0 amide bonds. The second kappa shape index (κ2) is 10.1. The monoisotopic (exact) mass is 311 g/mol. The number of unbranched alkanes of at least 4 members (excludes halogenated alkanes) is 1. The first-order valence-electron chi connectivity index (χ1n) is 7.87. The fourth-order valence-corrected chi connectivity index (χ4v) is 5.11. The molecule has 0 radical (unpaired) electrons. The van der Waals surface area contributed by atoms with E-state index in [4.69, 9.17) is 19.0 Å². The zero-order valence-corrected chi connectivity index (χ0v) is 14.5. The molecule has 0 bridgehead atoms. The van der Waals surface area contributed by atoms with Gasteiger partial charge in [0.05, 0.1) is 6.23 Å². The van der Waals surface area contributed by atoms with Gasteiger partial charge in [0.15, 0.2) is 0 Å². The van der Waals surface area contributed by atoms with Crippen LogP contribution in [0.1, 0.15) is 39.2 Å². The third kappa shape index (κ3) is 7.20. The first-order chi connectivity index (χ1) is 10.1. The van der Waals surface area contributed by atoms with Crippen LogP contribution in [0.4, 0.5) is 0 Å². The Morgan fingerprint density at radius 1 is 1.05 bits per heavy atom. The SMILES string of the molecule is CCO[Si](CCCCc1ccccc1)(OCC)OC(C)N. The van der Waals surface area contributed by atoms with Gasteiger partial charge in [0.1, 0.15) is 0 Å². The van der Waals surface area contributed by atoms with Crippen LogP contribution in [-0.4, -0.2) is 28.2 Å². The maximum Gasteiger partial charge on any atom is 0.502 e. The molecule has 0 heterocycles. The van der Waals surface area contributed by atoms with Crippen LogP contribution < -0.4 is 5.73 Å². The predicted molar refractivity (Wildman–Crippen MR) is 87.9 cm³/mol. The highest BCUT2D eigenvalue weighted by molar-refractivity contribution is 6.60. The van der Waals surface area contributed by atoms with E-state index in [1.165, 1.54) is 5.56 Å². The molecule has 5 heteroatoms. The Morgan fingerprint density at radius 2 is 1.67 bits per heavy atom.